The largest absolute Gasteiger partial charge is 0.476 e. The normalized spacial score (nSPS) is 12.4. The van der Waals surface area contributed by atoms with Crippen molar-refractivity contribution in [3.05, 3.63) is 47.4 Å². The van der Waals surface area contributed by atoms with Crippen LogP contribution < -0.4 is 16.2 Å². The van der Waals surface area contributed by atoms with E-state index in [4.69, 9.17) is 20.8 Å². The molecule has 182 valence electrons. The molecule has 0 aliphatic carbocycles. The fraction of sp³-hybridized carbons (Fsp3) is 0.333. The number of aliphatic hydroxyl groups is 1. The van der Waals surface area contributed by atoms with Crippen molar-refractivity contribution < 1.29 is 18.9 Å². The molecule has 0 radical (unpaired) electrons. The second-order valence-electron chi connectivity index (χ2n) is 8.57. The molecule has 11 heteroatoms. The first-order chi connectivity index (χ1) is 16.6. The smallest absolute Gasteiger partial charge is 0.216 e. The molecule has 1 atom stereocenters. The topological polar surface area (TPSA) is 151 Å². The molecule has 0 spiro atoms. The summed E-state index contributed by atoms with van der Waals surface area (Å²) in [4.78, 5) is 9.16. The van der Waals surface area contributed by atoms with E-state index in [-0.39, 0.29) is 24.3 Å². The van der Waals surface area contributed by atoms with Crippen molar-refractivity contribution in [3.8, 4) is 29.2 Å². The second-order valence-corrected chi connectivity index (χ2v) is 8.57. The molecule has 0 saturated carbocycles. The van der Waals surface area contributed by atoms with E-state index < -0.39 is 5.60 Å². The van der Waals surface area contributed by atoms with Crippen LogP contribution in [0.25, 0.3) is 22.6 Å². The number of hydrogen-bond donors (Lipinski definition) is 3. The fourth-order valence-corrected chi connectivity index (χ4v) is 3.50. The van der Waals surface area contributed by atoms with Gasteiger partial charge in [-0.25, -0.2) is 19.0 Å². The Bertz CT molecular complexity index is 1390. The Labute approximate surface area is 201 Å². The SMILES string of the molecule is CCn1c(-c2nonc2N)nc2c(C#CC(C)(C)O)nc(OC[C@@H](N)Cc3ccc(F)cc3)cc21. The van der Waals surface area contributed by atoms with Crippen molar-refractivity contribution >= 4 is 16.9 Å². The van der Waals surface area contributed by atoms with Gasteiger partial charge in [-0.15, -0.1) is 0 Å². The Hall–Kier alpha value is -4.01. The van der Waals surface area contributed by atoms with Crippen LogP contribution in [0.3, 0.4) is 0 Å². The molecule has 0 amide bonds. The van der Waals surface area contributed by atoms with Crippen LogP contribution in [0.2, 0.25) is 0 Å². The van der Waals surface area contributed by atoms with E-state index in [0.717, 1.165) is 5.56 Å². The number of imidazole rings is 1. The molecule has 10 nitrogen and oxygen atoms in total. The molecule has 4 aromatic rings. The van der Waals surface area contributed by atoms with Gasteiger partial charge in [0.05, 0.1) is 5.52 Å². The predicted octanol–water partition coefficient (Wildman–Crippen LogP) is 2.29. The molecule has 0 unspecified atom stereocenters. The first-order valence-electron chi connectivity index (χ1n) is 11.0. The minimum absolute atomic E-state index is 0.107. The second kappa shape index (κ2) is 9.69. The first-order valence-corrected chi connectivity index (χ1v) is 11.0. The third-order valence-corrected chi connectivity index (χ3v) is 5.10. The monoisotopic (exact) mass is 479 g/mol. The number of aromatic nitrogens is 5. The summed E-state index contributed by atoms with van der Waals surface area (Å²) < 4.78 is 25.7. The molecular formula is C24H26FN7O3. The van der Waals surface area contributed by atoms with Crippen molar-refractivity contribution in [2.24, 2.45) is 5.73 Å². The average Bonchev–Trinajstić information content (AvgIpc) is 3.39. The van der Waals surface area contributed by atoms with E-state index in [0.29, 0.717) is 47.1 Å². The summed E-state index contributed by atoms with van der Waals surface area (Å²) in [6.07, 6.45) is 0.503. The minimum atomic E-state index is -1.24. The van der Waals surface area contributed by atoms with Crippen LogP contribution in [0, 0.1) is 17.7 Å². The number of ether oxygens (including phenoxy) is 1. The zero-order valence-corrected chi connectivity index (χ0v) is 19.6. The minimum Gasteiger partial charge on any atom is -0.476 e. The number of benzene rings is 1. The summed E-state index contributed by atoms with van der Waals surface area (Å²) in [6, 6.07) is 7.56. The third-order valence-electron chi connectivity index (χ3n) is 5.10. The highest BCUT2D eigenvalue weighted by Crippen LogP contribution is 2.30. The van der Waals surface area contributed by atoms with Gasteiger partial charge in [-0.2, -0.15) is 0 Å². The van der Waals surface area contributed by atoms with Crippen molar-refractivity contribution in [3.63, 3.8) is 0 Å². The van der Waals surface area contributed by atoms with Crippen molar-refractivity contribution in [1.82, 2.24) is 24.8 Å². The van der Waals surface area contributed by atoms with Crippen molar-refractivity contribution in [2.75, 3.05) is 12.3 Å². The Morgan fingerprint density at radius 1 is 1.23 bits per heavy atom. The van der Waals surface area contributed by atoms with E-state index in [2.05, 4.69) is 32.1 Å². The van der Waals surface area contributed by atoms with E-state index in [1.165, 1.54) is 12.1 Å². The van der Waals surface area contributed by atoms with Gasteiger partial charge in [-0.1, -0.05) is 18.1 Å². The van der Waals surface area contributed by atoms with Crippen LogP contribution in [0.4, 0.5) is 10.2 Å². The lowest BCUT2D eigenvalue weighted by Gasteiger charge is -2.13. The van der Waals surface area contributed by atoms with Crippen LogP contribution in [0.5, 0.6) is 5.88 Å². The lowest BCUT2D eigenvalue weighted by atomic mass is 10.1. The number of fused-ring (bicyclic) bond motifs is 1. The van der Waals surface area contributed by atoms with Gasteiger partial charge >= 0.3 is 0 Å². The van der Waals surface area contributed by atoms with Crippen LogP contribution in [0.15, 0.2) is 35.0 Å². The zero-order valence-electron chi connectivity index (χ0n) is 19.6. The van der Waals surface area contributed by atoms with Crippen LogP contribution >= 0.6 is 0 Å². The van der Waals surface area contributed by atoms with Gasteiger partial charge in [-0.3, -0.25) is 0 Å². The fourth-order valence-electron chi connectivity index (χ4n) is 3.50. The summed E-state index contributed by atoms with van der Waals surface area (Å²) in [6.45, 7) is 5.79. The van der Waals surface area contributed by atoms with Crippen molar-refractivity contribution in [2.45, 2.75) is 45.4 Å². The number of aryl methyl sites for hydroxylation is 1. The number of nitrogens with zero attached hydrogens (tertiary/aromatic N) is 5. The van der Waals surface area contributed by atoms with Gasteiger partial charge in [-0.05, 0) is 61.1 Å². The summed E-state index contributed by atoms with van der Waals surface area (Å²) in [5.74, 6) is 6.21. The van der Waals surface area contributed by atoms with Crippen LogP contribution in [0.1, 0.15) is 32.0 Å². The standard InChI is InChI=1S/C24H26FN7O3/c1-4-32-18-12-19(34-13-16(26)11-14-5-7-15(25)8-6-14)28-17(9-10-24(2,3)33)20(18)29-23(32)21-22(27)31-35-30-21/h5-8,12,16,33H,4,11,13,26H2,1-3H3,(H2,27,31)/t16-/m0/s1. The maximum atomic E-state index is 13.2. The molecule has 35 heavy (non-hydrogen) atoms. The first kappa shape index (κ1) is 24.1. The predicted molar refractivity (Wildman–Crippen MR) is 128 cm³/mol. The Balaban J connectivity index is 1.69. The molecule has 4 rings (SSSR count). The Morgan fingerprint density at radius 2 is 1.97 bits per heavy atom. The molecular weight excluding hydrogens is 453 g/mol. The Kier molecular flexibility index (Phi) is 6.68. The number of nitrogen functional groups attached to an aromatic ring is 1. The highest BCUT2D eigenvalue weighted by Gasteiger charge is 2.22. The van der Waals surface area contributed by atoms with Gasteiger partial charge < -0.3 is 25.9 Å². The zero-order chi connectivity index (χ0) is 25.2. The number of rotatable bonds is 7. The quantitative estimate of drug-likeness (QED) is 0.339. The third kappa shape index (κ3) is 5.56. The molecule has 0 aliphatic heterocycles. The summed E-state index contributed by atoms with van der Waals surface area (Å²) in [7, 11) is 0. The summed E-state index contributed by atoms with van der Waals surface area (Å²) >= 11 is 0. The van der Waals surface area contributed by atoms with Gasteiger partial charge in [0.25, 0.3) is 0 Å². The number of halogens is 1. The van der Waals surface area contributed by atoms with E-state index >= 15 is 0 Å². The van der Waals surface area contributed by atoms with Gasteiger partial charge in [0.15, 0.2) is 17.3 Å². The molecule has 3 heterocycles. The number of anilines is 1. The molecule has 5 N–H and O–H groups in total. The molecule has 0 aliphatic rings. The number of hydrogen-bond acceptors (Lipinski definition) is 9. The van der Waals surface area contributed by atoms with Gasteiger partial charge in [0.1, 0.15) is 29.2 Å². The molecule has 0 bridgehead atoms. The molecule has 1 aromatic carbocycles. The Morgan fingerprint density at radius 3 is 2.60 bits per heavy atom. The molecule has 0 saturated heterocycles. The maximum Gasteiger partial charge on any atom is 0.216 e. The van der Waals surface area contributed by atoms with E-state index in [9.17, 15) is 9.50 Å². The van der Waals surface area contributed by atoms with Crippen LogP contribution in [-0.2, 0) is 13.0 Å². The lowest BCUT2D eigenvalue weighted by Crippen LogP contribution is -2.30. The summed E-state index contributed by atoms with van der Waals surface area (Å²) in [5, 5.41) is 17.6. The summed E-state index contributed by atoms with van der Waals surface area (Å²) in [5.41, 5.74) is 13.6. The van der Waals surface area contributed by atoms with Crippen LogP contribution in [-0.4, -0.2) is 48.2 Å². The number of nitrogens with two attached hydrogens (primary N) is 2. The van der Waals surface area contributed by atoms with Crippen molar-refractivity contribution in [1.29, 1.82) is 0 Å². The van der Waals surface area contributed by atoms with Gasteiger partial charge in [0, 0.05) is 18.7 Å². The molecule has 0 fully saturated rings. The maximum absolute atomic E-state index is 13.2. The highest BCUT2D eigenvalue weighted by atomic mass is 19.1. The van der Waals surface area contributed by atoms with E-state index in [1.807, 2.05) is 11.5 Å². The van der Waals surface area contributed by atoms with E-state index in [1.54, 1.807) is 32.0 Å². The highest BCUT2D eigenvalue weighted by molar-refractivity contribution is 5.86. The lowest BCUT2D eigenvalue weighted by molar-refractivity contribution is 0.143. The van der Waals surface area contributed by atoms with Gasteiger partial charge in [0.2, 0.25) is 5.88 Å². The number of pyridine rings is 1. The average molecular weight is 480 g/mol. The molecule has 3 aromatic heterocycles.